The number of fused-ring (bicyclic) bond motifs is 1. The lowest BCUT2D eigenvalue weighted by atomic mass is 10.2. The monoisotopic (exact) mass is 432 g/mol. The number of cyclic esters (lactones) is 2. The lowest BCUT2D eigenvalue weighted by molar-refractivity contribution is -0.222. The maximum atomic E-state index is 12.0. The SMILES string of the molecule is CC1(C)OC(=O)C(=CNc2ccc3oc(-c4ccc(Cl)c(Cl)c4)nc3c2)C(=O)O1. The highest BCUT2D eigenvalue weighted by molar-refractivity contribution is 6.42. The number of hydrogen-bond donors (Lipinski definition) is 1. The predicted molar refractivity (Wildman–Crippen MR) is 107 cm³/mol. The molecule has 0 amide bonds. The number of ether oxygens (including phenoxy) is 2. The summed E-state index contributed by atoms with van der Waals surface area (Å²) in [7, 11) is 0. The number of rotatable bonds is 3. The molecule has 148 valence electrons. The van der Waals surface area contributed by atoms with E-state index in [0.717, 1.165) is 0 Å². The van der Waals surface area contributed by atoms with E-state index in [9.17, 15) is 9.59 Å². The first-order valence-corrected chi connectivity index (χ1v) is 9.27. The molecule has 0 aliphatic carbocycles. The zero-order valence-electron chi connectivity index (χ0n) is 15.3. The largest absolute Gasteiger partial charge is 0.436 e. The average Bonchev–Trinajstić information content (AvgIpc) is 3.05. The number of aromatic nitrogens is 1. The predicted octanol–water partition coefficient (Wildman–Crippen LogP) is 4.93. The first-order chi connectivity index (χ1) is 13.7. The van der Waals surface area contributed by atoms with Crippen LogP contribution in [0.25, 0.3) is 22.6 Å². The standard InChI is InChI=1S/C20H14Cl2N2O5/c1-20(2)28-18(25)12(19(26)29-20)9-23-11-4-6-16-15(8-11)24-17(27-16)10-3-5-13(21)14(22)7-10/h3-9,23H,1-2H3. The molecule has 1 aromatic heterocycles. The van der Waals surface area contributed by atoms with Crippen molar-refractivity contribution in [1.29, 1.82) is 0 Å². The normalized spacial score (nSPS) is 15.8. The van der Waals surface area contributed by atoms with E-state index in [4.69, 9.17) is 37.1 Å². The summed E-state index contributed by atoms with van der Waals surface area (Å²) in [5.41, 5.74) is 2.17. The molecule has 4 rings (SSSR count). The Bertz CT molecular complexity index is 1160. The van der Waals surface area contributed by atoms with Gasteiger partial charge >= 0.3 is 11.9 Å². The third kappa shape index (κ3) is 3.92. The lowest BCUT2D eigenvalue weighted by Gasteiger charge is -2.29. The fourth-order valence-corrected chi connectivity index (χ4v) is 3.00. The first kappa shape index (κ1) is 19.3. The lowest BCUT2D eigenvalue weighted by Crippen LogP contribution is -2.42. The van der Waals surface area contributed by atoms with Gasteiger partial charge in [0.05, 0.1) is 10.0 Å². The van der Waals surface area contributed by atoms with Gasteiger partial charge < -0.3 is 19.2 Å². The van der Waals surface area contributed by atoms with Crippen LogP contribution < -0.4 is 5.32 Å². The van der Waals surface area contributed by atoms with E-state index in [1.54, 1.807) is 36.4 Å². The second-order valence-electron chi connectivity index (χ2n) is 6.71. The summed E-state index contributed by atoms with van der Waals surface area (Å²) in [6.45, 7) is 2.97. The van der Waals surface area contributed by atoms with Gasteiger partial charge in [0, 0.05) is 31.3 Å². The molecule has 0 bridgehead atoms. The van der Waals surface area contributed by atoms with Crippen LogP contribution in [0, 0.1) is 0 Å². The smallest absolute Gasteiger partial charge is 0.350 e. The van der Waals surface area contributed by atoms with Gasteiger partial charge in [-0.15, -0.1) is 0 Å². The van der Waals surface area contributed by atoms with Crippen LogP contribution >= 0.6 is 23.2 Å². The van der Waals surface area contributed by atoms with Gasteiger partial charge in [-0.05, 0) is 36.4 Å². The number of carbonyl (C=O) groups excluding carboxylic acids is 2. The summed E-state index contributed by atoms with van der Waals surface area (Å²) < 4.78 is 15.8. The molecule has 1 fully saturated rings. The second kappa shape index (κ2) is 7.09. The highest BCUT2D eigenvalue weighted by atomic mass is 35.5. The molecule has 7 nitrogen and oxygen atoms in total. The van der Waals surface area contributed by atoms with Crippen molar-refractivity contribution in [3.8, 4) is 11.5 Å². The Morgan fingerprint density at radius 1 is 1.00 bits per heavy atom. The number of esters is 2. The van der Waals surface area contributed by atoms with Crippen LogP contribution in [0.3, 0.4) is 0 Å². The molecule has 0 spiro atoms. The third-order valence-electron chi connectivity index (χ3n) is 4.05. The van der Waals surface area contributed by atoms with Crippen molar-refractivity contribution in [2.75, 3.05) is 5.32 Å². The van der Waals surface area contributed by atoms with Crippen LogP contribution in [0.2, 0.25) is 10.0 Å². The highest BCUT2D eigenvalue weighted by Crippen LogP contribution is 2.31. The first-order valence-electron chi connectivity index (χ1n) is 8.51. The van der Waals surface area contributed by atoms with E-state index < -0.39 is 17.7 Å². The van der Waals surface area contributed by atoms with Crippen molar-refractivity contribution in [1.82, 2.24) is 4.98 Å². The maximum absolute atomic E-state index is 12.0. The van der Waals surface area contributed by atoms with Gasteiger partial charge in [0.1, 0.15) is 5.52 Å². The molecule has 0 radical (unpaired) electrons. The van der Waals surface area contributed by atoms with Crippen LogP contribution in [-0.2, 0) is 19.1 Å². The zero-order chi connectivity index (χ0) is 20.8. The number of benzene rings is 2. The fraction of sp³-hybridized carbons (Fsp3) is 0.150. The maximum Gasteiger partial charge on any atom is 0.350 e. The van der Waals surface area contributed by atoms with Gasteiger partial charge in [0.15, 0.2) is 11.2 Å². The van der Waals surface area contributed by atoms with E-state index in [1.807, 2.05) is 0 Å². The molecule has 2 aromatic carbocycles. The number of halogens is 2. The summed E-state index contributed by atoms with van der Waals surface area (Å²) in [5, 5.41) is 3.71. The number of oxazole rings is 1. The fourth-order valence-electron chi connectivity index (χ4n) is 2.70. The minimum absolute atomic E-state index is 0.235. The van der Waals surface area contributed by atoms with Crippen molar-refractivity contribution in [2.45, 2.75) is 19.6 Å². The summed E-state index contributed by atoms with van der Waals surface area (Å²) >= 11 is 12.0. The Labute approximate surface area is 175 Å². The summed E-state index contributed by atoms with van der Waals surface area (Å²) in [6.07, 6.45) is 1.24. The molecular weight excluding hydrogens is 419 g/mol. The van der Waals surface area contributed by atoms with Gasteiger partial charge in [0.25, 0.3) is 5.79 Å². The molecule has 1 aliphatic heterocycles. The van der Waals surface area contributed by atoms with Crippen LogP contribution in [0.4, 0.5) is 5.69 Å². The quantitative estimate of drug-likeness (QED) is 0.356. The molecule has 0 atom stereocenters. The molecule has 29 heavy (non-hydrogen) atoms. The van der Waals surface area contributed by atoms with Crippen LogP contribution in [0.1, 0.15) is 13.8 Å². The van der Waals surface area contributed by atoms with Crippen molar-refractivity contribution in [3.63, 3.8) is 0 Å². The van der Waals surface area contributed by atoms with Crippen molar-refractivity contribution < 1.29 is 23.5 Å². The topological polar surface area (TPSA) is 90.7 Å². The van der Waals surface area contributed by atoms with Gasteiger partial charge in [0.2, 0.25) is 5.89 Å². The minimum Gasteiger partial charge on any atom is -0.436 e. The Balaban J connectivity index is 1.59. The molecule has 9 heteroatoms. The number of hydrogen-bond acceptors (Lipinski definition) is 7. The average molecular weight is 433 g/mol. The van der Waals surface area contributed by atoms with Crippen LogP contribution in [0.15, 0.2) is 52.6 Å². The van der Waals surface area contributed by atoms with Crippen LogP contribution in [0.5, 0.6) is 0 Å². The second-order valence-corrected chi connectivity index (χ2v) is 7.53. The Hall–Kier alpha value is -3.03. The molecule has 1 aliphatic rings. The van der Waals surface area contributed by atoms with E-state index in [2.05, 4.69) is 10.3 Å². The summed E-state index contributed by atoms with van der Waals surface area (Å²) in [6, 6.07) is 10.2. The number of carbonyl (C=O) groups is 2. The van der Waals surface area contributed by atoms with Crippen LogP contribution in [-0.4, -0.2) is 22.7 Å². The van der Waals surface area contributed by atoms with E-state index >= 15 is 0 Å². The summed E-state index contributed by atoms with van der Waals surface area (Å²) in [5.74, 6) is -2.42. The Morgan fingerprint density at radius 3 is 2.41 bits per heavy atom. The van der Waals surface area contributed by atoms with Gasteiger partial charge in [-0.25, -0.2) is 14.6 Å². The Morgan fingerprint density at radius 2 is 1.72 bits per heavy atom. The number of nitrogens with zero attached hydrogens (tertiary/aromatic N) is 1. The number of anilines is 1. The van der Waals surface area contributed by atoms with E-state index in [1.165, 1.54) is 20.0 Å². The van der Waals surface area contributed by atoms with E-state index in [0.29, 0.717) is 38.3 Å². The van der Waals surface area contributed by atoms with Crippen molar-refractivity contribution in [2.24, 2.45) is 0 Å². The van der Waals surface area contributed by atoms with Gasteiger partial charge in [-0.1, -0.05) is 23.2 Å². The number of nitrogens with one attached hydrogen (secondary N) is 1. The molecule has 2 heterocycles. The van der Waals surface area contributed by atoms with Crippen molar-refractivity contribution in [3.05, 3.63) is 58.2 Å². The molecule has 0 saturated carbocycles. The molecule has 0 unspecified atom stereocenters. The third-order valence-corrected chi connectivity index (χ3v) is 4.79. The Kier molecular flexibility index (Phi) is 4.72. The molecule has 3 aromatic rings. The highest BCUT2D eigenvalue weighted by Gasteiger charge is 2.38. The van der Waals surface area contributed by atoms with Gasteiger partial charge in [-0.3, -0.25) is 0 Å². The summed E-state index contributed by atoms with van der Waals surface area (Å²) in [4.78, 5) is 28.4. The van der Waals surface area contributed by atoms with Crippen molar-refractivity contribution >= 4 is 51.9 Å². The zero-order valence-corrected chi connectivity index (χ0v) is 16.8. The molecule has 1 N–H and O–H groups in total. The molecule has 1 saturated heterocycles. The minimum atomic E-state index is -1.29. The van der Waals surface area contributed by atoms with Gasteiger partial charge in [-0.2, -0.15) is 0 Å². The molecular formula is C20H14Cl2N2O5. The van der Waals surface area contributed by atoms with E-state index in [-0.39, 0.29) is 5.57 Å².